The molecule has 1 N–H and O–H groups in total. The molecule has 0 atom stereocenters. The van der Waals surface area contributed by atoms with E-state index in [2.05, 4.69) is 22.0 Å². The molecule has 0 aliphatic heterocycles. The lowest BCUT2D eigenvalue weighted by atomic mass is 10.3. The highest BCUT2D eigenvalue weighted by atomic mass is 32.1. The second-order valence-corrected chi connectivity index (χ2v) is 5.08. The number of aromatic amines is 1. The first-order chi connectivity index (χ1) is 9.15. The van der Waals surface area contributed by atoms with Gasteiger partial charge in [0, 0.05) is 18.9 Å². The van der Waals surface area contributed by atoms with Crippen molar-refractivity contribution in [3.05, 3.63) is 40.6 Å². The Balaban J connectivity index is 1.95. The van der Waals surface area contributed by atoms with E-state index in [9.17, 15) is 0 Å². The first kappa shape index (κ1) is 12.1. The lowest BCUT2D eigenvalue weighted by molar-refractivity contribution is 0.536. The van der Waals surface area contributed by atoms with Gasteiger partial charge >= 0.3 is 0 Å². The number of nitrogens with one attached hydrogen (secondary N) is 1. The molecule has 5 nitrogen and oxygen atoms in total. The number of aromatic nitrogens is 5. The van der Waals surface area contributed by atoms with Crippen molar-refractivity contribution in [1.29, 1.82) is 0 Å². The summed E-state index contributed by atoms with van der Waals surface area (Å²) in [5.41, 5.74) is 4.25. The SMILES string of the molecule is Cc1cnn(CCn2c(=S)[nH]c3c(C)ccnc32)c1. The van der Waals surface area contributed by atoms with Gasteiger partial charge in [-0.3, -0.25) is 9.25 Å². The number of imidazole rings is 1. The van der Waals surface area contributed by atoms with Gasteiger partial charge in [-0.15, -0.1) is 0 Å². The Kier molecular flexibility index (Phi) is 2.94. The monoisotopic (exact) mass is 273 g/mol. The number of hydrogen-bond acceptors (Lipinski definition) is 3. The fourth-order valence-electron chi connectivity index (χ4n) is 2.17. The minimum absolute atomic E-state index is 0.709. The molecule has 3 heterocycles. The number of nitrogens with zero attached hydrogens (tertiary/aromatic N) is 4. The summed E-state index contributed by atoms with van der Waals surface area (Å²) in [6.45, 7) is 5.63. The third-order valence-corrected chi connectivity index (χ3v) is 3.51. The number of fused-ring (bicyclic) bond motifs is 1. The second-order valence-electron chi connectivity index (χ2n) is 4.69. The van der Waals surface area contributed by atoms with Crippen LogP contribution >= 0.6 is 12.2 Å². The zero-order valence-electron chi connectivity index (χ0n) is 10.9. The molecule has 0 radical (unpaired) electrons. The van der Waals surface area contributed by atoms with Gasteiger partial charge in [-0.1, -0.05) is 0 Å². The van der Waals surface area contributed by atoms with Crippen LogP contribution in [-0.2, 0) is 13.1 Å². The summed E-state index contributed by atoms with van der Waals surface area (Å²) in [6, 6.07) is 1.98. The van der Waals surface area contributed by atoms with E-state index in [0.717, 1.165) is 35.4 Å². The maximum atomic E-state index is 5.37. The maximum absolute atomic E-state index is 5.37. The number of H-pyrrole nitrogens is 1. The van der Waals surface area contributed by atoms with E-state index < -0.39 is 0 Å². The van der Waals surface area contributed by atoms with E-state index in [4.69, 9.17) is 12.2 Å². The molecule has 6 heteroatoms. The van der Waals surface area contributed by atoms with Gasteiger partial charge in [0.25, 0.3) is 0 Å². The molecule has 98 valence electrons. The number of aryl methyl sites for hydroxylation is 4. The van der Waals surface area contributed by atoms with Crippen molar-refractivity contribution in [3.8, 4) is 0 Å². The van der Waals surface area contributed by atoms with Gasteiger partial charge in [0.2, 0.25) is 0 Å². The molecule has 3 aromatic heterocycles. The lowest BCUT2D eigenvalue weighted by Gasteiger charge is -2.04. The number of hydrogen-bond donors (Lipinski definition) is 1. The Labute approximate surface area is 115 Å². The molecule has 0 saturated heterocycles. The Morgan fingerprint density at radius 1 is 1.32 bits per heavy atom. The summed E-state index contributed by atoms with van der Waals surface area (Å²) >= 11 is 5.37. The molecule has 0 amide bonds. The molecule has 3 rings (SSSR count). The van der Waals surface area contributed by atoms with Gasteiger partial charge in [-0.05, 0) is 43.3 Å². The highest BCUT2D eigenvalue weighted by molar-refractivity contribution is 7.71. The summed E-state index contributed by atoms with van der Waals surface area (Å²) in [6.07, 6.45) is 5.70. The van der Waals surface area contributed by atoms with Crippen LogP contribution in [0.15, 0.2) is 24.7 Å². The average Bonchev–Trinajstić information content (AvgIpc) is 2.92. The Morgan fingerprint density at radius 3 is 2.89 bits per heavy atom. The molecule has 0 fully saturated rings. The van der Waals surface area contributed by atoms with E-state index >= 15 is 0 Å². The lowest BCUT2D eigenvalue weighted by Crippen LogP contribution is -2.08. The summed E-state index contributed by atoms with van der Waals surface area (Å²) in [5, 5.41) is 4.28. The van der Waals surface area contributed by atoms with Crippen molar-refractivity contribution in [2.24, 2.45) is 0 Å². The fourth-order valence-corrected chi connectivity index (χ4v) is 2.45. The van der Waals surface area contributed by atoms with E-state index in [1.165, 1.54) is 0 Å². The first-order valence-corrected chi connectivity index (χ1v) is 6.59. The van der Waals surface area contributed by atoms with Crippen molar-refractivity contribution in [2.75, 3.05) is 0 Å². The molecule has 0 aliphatic carbocycles. The fraction of sp³-hybridized carbons (Fsp3) is 0.308. The minimum Gasteiger partial charge on any atom is -0.329 e. The van der Waals surface area contributed by atoms with Gasteiger partial charge in [0.05, 0.1) is 18.3 Å². The van der Waals surface area contributed by atoms with Crippen LogP contribution in [0.1, 0.15) is 11.1 Å². The van der Waals surface area contributed by atoms with Crippen LogP contribution in [0.4, 0.5) is 0 Å². The topological polar surface area (TPSA) is 51.4 Å². The average molecular weight is 273 g/mol. The molecule has 0 aliphatic rings. The van der Waals surface area contributed by atoms with E-state index in [1.54, 1.807) is 0 Å². The maximum Gasteiger partial charge on any atom is 0.179 e. The highest BCUT2D eigenvalue weighted by Crippen LogP contribution is 2.15. The van der Waals surface area contributed by atoms with Crippen molar-refractivity contribution < 1.29 is 0 Å². The Morgan fingerprint density at radius 2 is 2.16 bits per heavy atom. The molecular weight excluding hydrogens is 258 g/mol. The Bertz CT molecular complexity index is 780. The summed E-state index contributed by atoms with van der Waals surface area (Å²) in [7, 11) is 0. The van der Waals surface area contributed by atoms with Gasteiger partial charge in [0.1, 0.15) is 0 Å². The van der Waals surface area contributed by atoms with Crippen LogP contribution in [0.25, 0.3) is 11.2 Å². The van der Waals surface area contributed by atoms with Crippen molar-refractivity contribution >= 4 is 23.4 Å². The summed E-state index contributed by atoms with van der Waals surface area (Å²) < 4.78 is 4.65. The van der Waals surface area contributed by atoms with Crippen molar-refractivity contribution in [2.45, 2.75) is 26.9 Å². The molecule has 0 saturated carbocycles. The van der Waals surface area contributed by atoms with Crippen LogP contribution in [0.5, 0.6) is 0 Å². The zero-order valence-corrected chi connectivity index (χ0v) is 11.7. The quantitative estimate of drug-likeness (QED) is 0.746. The smallest absolute Gasteiger partial charge is 0.179 e. The number of rotatable bonds is 3. The van der Waals surface area contributed by atoms with Crippen LogP contribution < -0.4 is 0 Å². The van der Waals surface area contributed by atoms with Crippen LogP contribution in [-0.4, -0.2) is 24.3 Å². The molecule has 3 aromatic rings. The van der Waals surface area contributed by atoms with Gasteiger partial charge in [-0.25, -0.2) is 4.98 Å². The molecule has 0 unspecified atom stereocenters. The molecular formula is C13H15N5S. The third-order valence-electron chi connectivity index (χ3n) is 3.19. The largest absolute Gasteiger partial charge is 0.329 e. The highest BCUT2D eigenvalue weighted by Gasteiger charge is 2.07. The van der Waals surface area contributed by atoms with Gasteiger partial charge in [-0.2, -0.15) is 5.10 Å². The van der Waals surface area contributed by atoms with E-state index in [-0.39, 0.29) is 0 Å². The van der Waals surface area contributed by atoms with Crippen molar-refractivity contribution in [1.82, 2.24) is 24.3 Å². The second kappa shape index (κ2) is 4.62. The minimum atomic E-state index is 0.709. The van der Waals surface area contributed by atoms with E-state index in [1.807, 2.05) is 40.8 Å². The van der Waals surface area contributed by atoms with Crippen LogP contribution in [0, 0.1) is 18.6 Å². The van der Waals surface area contributed by atoms with Gasteiger partial charge < -0.3 is 4.98 Å². The Hall–Kier alpha value is -1.95. The molecule has 0 spiro atoms. The predicted octanol–water partition coefficient (Wildman–Crippen LogP) is 2.61. The summed E-state index contributed by atoms with van der Waals surface area (Å²) in [5.74, 6) is 0. The standard InChI is InChI=1S/C13H15N5S/c1-9-7-15-17(8-9)5-6-18-12-11(16-13(18)19)10(2)3-4-14-12/h3-4,7-8H,5-6H2,1-2H3,(H,16,19). The van der Waals surface area contributed by atoms with Crippen LogP contribution in [0.3, 0.4) is 0 Å². The summed E-state index contributed by atoms with van der Waals surface area (Å²) in [4.78, 5) is 7.64. The molecule has 0 bridgehead atoms. The third kappa shape index (κ3) is 2.19. The predicted molar refractivity (Wildman–Crippen MR) is 76.6 cm³/mol. The van der Waals surface area contributed by atoms with Crippen molar-refractivity contribution in [3.63, 3.8) is 0 Å². The van der Waals surface area contributed by atoms with Crippen LogP contribution in [0.2, 0.25) is 0 Å². The molecule has 19 heavy (non-hydrogen) atoms. The normalized spacial score (nSPS) is 11.3. The first-order valence-electron chi connectivity index (χ1n) is 6.18. The zero-order chi connectivity index (χ0) is 13.4. The van der Waals surface area contributed by atoms with E-state index in [0.29, 0.717) is 4.77 Å². The molecule has 0 aromatic carbocycles. The number of pyridine rings is 1. The van der Waals surface area contributed by atoms with Gasteiger partial charge in [0.15, 0.2) is 10.4 Å².